The smallest absolute Gasteiger partial charge is 0.163 e. The molecule has 0 unspecified atom stereocenters. The summed E-state index contributed by atoms with van der Waals surface area (Å²) in [6.07, 6.45) is 3.43. The van der Waals surface area contributed by atoms with Crippen LogP contribution in [0, 0.1) is 0 Å². The second kappa shape index (κ2) is 5.64. The average Bonchev–Trinajstić information content (AvgIpc) is 2.44. The number of hydrogen-bond acceptors (Lipinski definition) is 4. The highest BCUT2D eigenvalue weighted by atomic mass is 16.7. The summed E-state index contributed by atoms with van der Waals surface area (Å²) in [6.45, 7) is 6.71. The van der Waals surface area contributed by atoms with E-state index < -0.39 is 5.79 Å². The van der Waals surface area contributed by atoms with Crippen molar-refractivity contribution in [2.45, 2.75) is 51.9 Å². The fourth-order valence-electron chi connectivity index (χ4n) is 1.88. The first kappa shape index (κ1) is 13.5. The van der Waals surface area contributed by atoms with Crippen molar-refractivity contribution >= 4 is 5.71 Å². The second-order valence-electron chi connectivity index (χ2n) is 5.03. The van der Waals surface area contributed by atoms with E-state index in [9.17, 15) is 0 Å². The van der Waals surface area contributed by atoms with Crippen LogP contribution in [-0.2, 0) is 9.47 Å². The first-order chi connectivity index (χ1) is 7.39. The lowest BCUT2D eigenvalue weighted by molar-refractivity contribution is -0.138. The first-order valence-electron chi connectivity index (χ1n) is 5.92. The Kier molecular flexibility index (Phi) is 4.74. The van der Waals surface area contributed by atoms with E-state index in [4.69, 9.17) is 9.47 Å². The predicted octanol–water partition coefficient (Wildman–Crippen LogP) is 2.25. The van der Waals surface area contributed by atoms with Gasteiger partial charge in [0.1, 0.15) is 0 Å². The Balaban J connectivity index is 2.17. The molecule has 4 nitrogen and oxygen atoms in total. The standard InChI is InChI=1S/C12H24N2O2/c1-10(13-14(4)5)7-6-8-11-9-15-12(2,3)16-11/h11H,6-9H2,1-5H3/b13-10+/t11-/m0/s1. The number of rotatable bonds is 5. The fourth-order valence-corrected chi connectivity index (χ4v) is 1.88. The molecule has 16 heavy (non-hydrogen) atoms. The quantitative estimate of drug-likeness (QED) is 0.534. The summed E-state index contributed by atoms with van der Waals surface area (Å²) in [6, 6.07) is 0. The van der Waals surface area contributed by atoms with Crippen molar-refractivity contribution in [3.8, 4) is 0 Å². The summed E-state index contributed by atoms with van der Waals surface area (Å²) in [5.41, 5.74) is 1.17. The van der Waals surface area contributed by atoms with Crippen LogP contribution in [0.4, 0.5) is 0 Å². The van der Waals surface area contributed by atoms with Gasteiger partial charge in [-0.1, -0.05) is 0 Å². The van der Waals surface area contributed by atoms with Crippen LogP contribution in [0.2, 0.25) is 0 Å². The van der Waals surface area contributed by atoms with Gasteiger partial charge in [-0.05, 0) is 40.0 Å². The minimum absolute atomic E-state index is 0.252. The van der Waals surface area contributed by atoms with Gasteiger partial charge in [0.25, 0.3) is 0 Å². The Morgan fingerprint density at radius 2 is 2.12 bits per heavy atom. The SMILES string of the molecule is C/C(CCC[C@H]1COC(C)(C)O1)=N\N(C)C. The van der Waals surface area contributed by atoms with E-state index in [-0.39, 0.29) is 6.10 Å². The van der Waals surface area contributed by atoms with Crippen LogP contribution in [0.1, 0.15) is 40.0 Å². The molecule has 1 aliphatic heterocycles. The third-order valence-electron chi connectivity index (χ3n) is 2.50. The lowest BCUT2D eigenvalue weighted by Gasteiger charge is -2.17. The number of hydrazone groups is 1. The third-order valence-corrected chi connectivity index (χ3v) is 2.50. The summed E-state index contributed by atoms with van der Waals surface area (Å²) in [4.78, 5) is 0. The third kappa shape index (κ3) is 4.94. The maximum absolute atomic E-state index is 5.74. The molecule has 0 aromatic carbocycles. The molecule has 1 rings (SSSR count). The lowest BCUT2D eigenvalue weighted by atomic mass is 10.1. The number of hydrogen-bond donors (Lipinski definition) is 0. The van der Waals surface area contributed by atoms with E-state index in [2.05, 4.69) is 12.0 Å². The van der Waals surface area contributed by atoms with Crippen molar-refractivity contribution in [3.63, 3.8) is 0 Å². The van der Waals surface area contributed by atoms with Gasteiger partial charge in [0.15, 0.2) is 5.79 Å². The molecule has 1 saturated heterocycles. The van der Waals surface area contributed by atoms with E-state index in [1.807, 2.05) is 33.0 Å². The molecular weight excluding hydrogens is 204 g/mol. The fraction of sp³-hybridized carbons (Fsp3) is 0.917. The van der Waals surface area contributed by atoms with Gasteiger partial charge in [-0.25, -0.2) is 0 Å². The van der Waals surface area contributed by atoms with Crippen LogP contribution in [0.15, 0.2) is 5.10 Å². The van der Waals surface area contributed by atoms with Crippen LogP contribution in [0.3, 0.4) is 0 Å². The molecular formula is C12H24N2O2. The zero-order chi connectivity index (χ0) is 12.2. The Hall–Kier alpha value is -0.610. The maximum Gasteiger partial charge on any atom is 0.163 e. The maximum atomic E-state index is 5.74. The van der Waals surface area contributed by atoms with E-state index in [0.29, 0.717) is 0 Å². The molecule has 1 aliphatic rings. The minimum Gasteiger partial charge on any atom is -0.348 e. The van der Waals surface area contributed by atoms with Crippen molar-refractivity contribution < 1.29 is 9.47 Å². The zero-order valence-corrected chi connectivity index (χ0v) is 11.1. The average molecular weight is 228 g/mol. The van der Waals surface area contributed by atoms with Gasteiger partial charge in [0.2, 0.25) is 0 Å². The lowest BCUT2D eigenvalue weighted by Crippen LogP contribution is -2.21. The highest BCUT2D eigenvalue weighted by molar-refractivity contribution is 5.81. The van der Waals surface area contributed by atoms with Gasteiger partial charge in [-0.3, -0.25) is 0 Å². The summed E-state index contributed by atoms with van der Waals surface area (Å²) in [7, 11) is 3.89. The molecule has 94 valence electrons. The van der Waals surface area contributed by atoms with E-state index in [0.717, 1.165) is 25.9 Å². The largest absolute Gasteiger partial charge is 0.348 e. The van der Waals surface area contributed by atoms with Crippen LogP contribution in [-0.4, -0.2) is 43.3 Å². The highest BCUT2D eigenvalue weighted by Gasteiger charge is 2.31. The Bertz CT molecular complexity index is 249. The summed E-state index contributed by atoms with van der Waals surface area (Å²) in [5, 5.41) is 6.19. The monoisotopic (exact) mass is 228 g/mol. The van der Waals surface area contributed by atoms with Crippen molar-refractivity contribution in [1.82, 2.24) is 5.01 Å². The molecule has 0 amide bonds. The first-order valence-corrected chi connectivity index (χ1v) is 5.92. The zero-order valence-electron chi connectivity index (χ0n) is 11.1. The van der Waals surface area contributed by atoms with Gasteiger partial charge in [-0.15, -0.1) is 0 Å². The Morgan fingerprint density at radius 1 is 1.44 bits per heavy atom. The van der Waals surface area contributed by atoms with E-state index in [1.165, 1.54) is 5.71 Å². The molecule has 0 N–H and O–H groups in total. The van der Waals surface area contributed by atoms with Gasteiger partial charge < -0.3 is 14.5 Å². The molecule has 0 aliphatic carbocycles. The van der Waals surface area contributed by atoms with E-state index in [1.54, 1.807) is 0 Å². The molecule has 1 atom stereocenters. The molecule has 0 saturated carbocycles. The van der Waals surface area contributed by atoms with E-state index >= 15 is 0 Å². The Labute approximate surface area is 98.6 Å². The van der Waals surface area contributed by atoms with Crippen LogP contribution in [0.5, 0.6) is 0 Å². The summed E-state index contributed by atoms with van der Waals surface area (Å²) < 4.78 is 11.3. The van der Waals surface area contributed by atoms with Crippen molar-refractivity contribution in [1.29, 1.82) is 0 Å². The second-order valence-corrected chi connectivity index (χ2v) is 5.03. The van der Waals surface area contributed by atoms with Crippen LogP contribution < -0.4 is 0 Å². The number of nitrogens with zero attached hydrogens (tertiary/aromatic N) is 2. The topological polar surface area (TPSA) is 34.1 Å². The minimum atomic E-state index is -0.391. The van der Waals surface area contributed by atoms with Gasteiger partial charge >= 0.3 is 0 Å². The van der Waals surface area contributed by atoms with Crippen molar-refractivity contribution in [2.75, 3.05) is 20.7 Å². The van der Waals surface area contributed by atoms with Crippen LogP contribution in [0.25, 0.3) is 0 Å². The van der Waals surface area contributed by atoms with Gasteiger partial charge in [0, 0.05) is 19.8 Å². The molecule has 0 spiro atoms. The Morgan fingerprint density at radius 3 is 2.62 bits per heavy atom. The molecule has 0 radical (unpaired) electrons. The molecule has 0 aromatic heterocycles. The van der Waals surface area contributed by atoms with Crippen molar-refractivity contribution in [2.24, 2.45) is 5.10 Å². The summed E-state index contributed by atoms with van der Waals surface area (Å²) >= 11 is 0. The molecule has 1 fully saturated rings. The molecule has 4 heteroatoms. The van der Waals surface area contributed by atoms with Gasteiger partial charge in [-0.2, -0.15) is 5.10 Å². The van der Waals surface area contributed by atoms with Gasteiger partial charge in [0.05, 0.1) is 12.7 Å². The predicted molar refractivity (Wildman–Crippen MR) is 65.6 cm³/mol. The molecule has 1 heterocycles. The molecule has 0 aromatic rings. The normalized spacial score (nSPS) is 24.8. The highest BCUT2D eigenvalue weighted by Crippen LogP contribution is 2.25. The molecule has 0 bridgehead atoms. The number of ether oxygens (including phenoxy) is 2. The summed E-state index contributed by atoms with van der Waals surface area (Å²) in [5.74, 6) is -0.391. The van der Waals surface area contributed by atoms with Crippen molar-refractivity contribution in [3.05, 3.63) is 0 Å². The van der Waals surface area contributed by atoms with Crippen LogP contribution >= 0.6 is 0 Å².